The number of pyridine rings is 1. The molecule has 1 fully saturated rings. The van der Waals surface area contributed by atoms with E-state index < -0.39 is 21.5 Å². The van der Waals surface area contributed by atoms with Gasteiger partial charge in [-0.25, -0.2) is 17.5 Å². The molecular formula is C41H42ClN5O7S. The molecule has 0 saturated carbocycles. The largest absolute Gasteiger partial charge is 0.497 e. The number of anilines is 2. The number of ether oxygens (including phenoxy) is 2. The van der Waals surface area contributed by atoms with E-state index in [4.69, 9.17) is 21.1 Å². The number of ketones is 1. The van der Waals surface area contributed by atoms with E-state index in [1.807, 2.05) is 43.3 Å². The summed E-state index contributed by atoms with van der Waals surface area (Å²) in [5, 5.41) is 7.19. The molecule has 2 heterocycles. The number of benzene rings is 4. The van der Waals surface area contributed by atoms with Crippen LogP contribution in [0.4, 0.5) is 16.2 Å². The van der Waals surface area contributed by atoms with Crippen LogP contribution in [0.1, 0.15) is 41.4 Å². The Morgan fingerprint density at radius 3 is 2.25 bits per heavy atom. The summed E-state index contributed by atoms with van der Waals surface area (Å²) in [5.41, 5.74) is 2.89. The zero-order valence-electron chi connectivity index (χ0n) is 31.0. The van der Waals surface area contributed by atoms with E-state index in [9.17, 15) is 22.8 Å². The molecular weight excluding hydrogens is 742 g/mol. The van der Waals surface area contributed by atoms with Crippen LogP contribution in [0.25, 0.3) is 10.9 Å². The number of likely N-dealkylation sites (tertiary alicyclic amines) is 1. The summed E-state index contributed by atoms with van der Waals surface area (Å²) in [5.74, 6) is 0.427. The number of rotatable bonds is 12. The maximum atomic E-state index is 14.0. The number of halogens is 1. The van der Waals surface area contributed by atoms with E-state index in [1.54, 1.807) is 36.1 Å². The van der Waals surface area contributed by atoms with E-state index in [0.717, 1.165) is 20.9 Å². The van der Waals surface area contributed by atoms with Gasteiger partial charge in [0.1, 0.15) is 17.3 Å². The van der Waals surface area contributed by atoms with Gasteiger partial charge in [-0.3, -0.25) is 14.6 Å². The fourth-order valence-corrected chi connectivity index (χ4v) is 8.46. The number of aryl methyl sites for hydroxylation is 1. The first-order valence-electron chi connectivity index (χ1n) is 17.7. The summed E-state index contributed by atoms with van der Waals surface area (Å²) in [6, 6.07) is 26.1. The van der Waals surface area contributed by atoms with Gasteiger partial charge in [-0.05, 0) is 99.0 Å². The Balaban J connectivity index is 1.21. The second-order valence-corrected chi connectivity index (χ2v) is 15.6. The molecule has 286 valence electrons. The number of aromatic nitrogens is 1. The Bertz CT molecular complexity index is 2330. The normalized spacial score (nSPS) is 13.9. The highest BCUT2D eigenvalue weighted by atomic mass is 35.5. The van der Waals surface area contributed by atoms with Gasteiger partial charge in [0.05, 0.1) is 42.3 Å². The number of amides is 3. The van der Waals surface area contributed by atoms with Crippen LogP contribution in [0.5, 0.6) is 11.5 Å². The average Bonchev–Trinajstić information content (AvgIpc) is 3.19. The third kappa shape index (κ3) is 8.23. The molecule has 1 saturated heterocycles. The molecule has 0 spiro atoms. The first-order valence-corrected chi connectivity index (χ1v) is 19.5. The van der Waals surface area contributed by atoms with Gasteiger partial charge in [0, 0.05) is 47.0 Å². The van der Waals surface area contributed by atoms with Gasteiger partial charge in [0.25, 0.3) is 15.9 Å². The van der Waals surface area contributed by atoms with Gasteiger partial charge < -0.3 is 25.0 Å². The third-order valence-electron chi connectivity index (χ3n) is 10.00. The second kappa shape index (κ2) is 16.4. The summed E-state index contributed by atoms with van der Waals surface area (Å²) >= 11 is 6.27. The Hall–Kier alpha value is -5.66. The lowest BCUT2D eigenvalue weighted by Crippen LogP contribution is -2.48. The van der Waals surface area contributed by atoms with Crippen molar-refractivity contribution in [3.8, 4) is 11.5 Å². The van der Waals surface area contributed by atoms with Gasteiger partial charge in [-0.15, -0.1) is 0 Å². The van der Waals surface area contributed by atoms with Gasteiger partial charge in [0.2, 0.25) is 0 Å². The maximum absolute atomic E-state index is 14.0. The molecule has 5 aromatic rings. The van der Waals surface area contributed by atoms with Crippen molar-refractivity contribution < 1.29 is 32.3 Å². The van der Waals surface area contributed by atoms with Crippen molar-refractivity contribution in [2.24, 2.45) is 0 Å². The van der Waals surface area contributed by atoms with Crippen molar-refractivity contribution in [2.45, 2.75) is 37.0 Å². The highest BCUT2D eigenvalue weighted by molar-refractivity contribution is 7.89. The standard InChI is InChI=1S/C41H42ClN5O7S/c1-27-24-37(34-26-31(42)11-17-35(34)44-27)43-20-23-47(55(51,52)33-14-12-32(53-3)13-15-33)40(50)45-36-16-10-29(25-38(36)54-4)39(49)46-21-18-41(19-22-46,28(2)48)30-8-6-5-7-9-30/h5-17,24-26H,18-23H2,1-4H3,(H,43,44)(H,45,50). The number of nitrogens with one attached hydrogen (secondary N) is 2. The second-order valence-electron chi connectivity index (χ2n) is 13.3. The topological polar surface area (TPSA) is 147 Å². The van der Waals surface area contributed by atoms with Crippen molar-refractivity contribution >= 4 is 61.6 Å². The first-order chi connectivity index (χ1) is 26.4. The van der Waals surface area contributed by atoms with Crippen molar-refractivity contribution in [1.29, 1.82) is 0 Å². The van der Waals surface area contributed by atoms with Gasteiger partial charge >= 0.3 is 6.03 Å². The number of hydrogen-bond donors (Lipinski definition) is 2. The molecule has 0 radical (unpaired) electrons. The molecule has 1 aliphatic rings. The van der Waals surface area contributed by atoms with Crippen LogP contribution in [-0.2, 0) is 20.2 Å². The number of methoxy groups -OCH3 is 2. The lowest BCUT2D eigenvalue weighted by molar-refractivity contribution is -0.124. The number of piperidine rings is 1. The predicted octanol–water partition coefficient (Wildman–Crippen LogP) is 7.31. The lowest BCUT2D eigenvalue weighted by atomic mass is 9.70. The van der Waals surface area contributed by atoms with Crippen molar-refractivity contribution in [3.05, 3.63) is 119 Å². The molecule has 3 amide bonds. The summed E-state index contributed by atoms with van der Waals surface area (Å²) in [7, 11) is -1.52. The molecule has 0 unspecified atom stereocenters. The van der Waals surface area contributed by atoms with Crippen LogP contribution in [0, 0.1) is 6.92 Å². The van der Waals surface area contributed by atoms with Crippen LogP contribution < -0.4 is 20.1 Å². The quantitative estimate of drug-likeness (QED) is 0.133. The van der Waals surface area contributed by atoms with Crippen molar-refractivity contribution in [2.75, 3.05) is 51.0 Å². The SMILES string of the molecule is COc1ccc(S(=O)(=O)N(CCNc2cc(C)nc3ccc(Cl)cc23)C(=O)Nc2ccc(C(=O)N3CCC(C(C)=O)(c4ccccc4)CC3)cc2OC)cc1. The molecule has 4 aromatic carbocycles. The third-order valence-corrected chi connectivity index (χ3v) is 12.0. The number of urea groups is 1. The number of sulfonamides is 1. The molecule has 0 aliphatic carbocycles. The minimum absolute atomic E-state index is 0.0451. The minimum atomic E-state index is -4.38. The van der Waals surface area contributed by atoms with Crippen molar-refractivity contribution in [1.82, 2.24) is 14.2 Å². The van der Waals surface area contributed by atoms with Crippen molar-refractivity contribution in [3.63, 3.8) is 0 Å². The fourth-order valence-electron chi connectivity index (χ4n) is 6.95. The van der Waals surface area contributed by atoms with E-state index in [0.29, 0.717) is 53.5 Å². The fraction of sp³-hybridized carbons (Fsp3) is 0.268. The summed E-state index contributed by atoms with van der Waals surface area (Å²) < 4.78 is 39.6. The number of Topliss-reactive ketones (excluding diaryl/α,β-unsaturated/α-hetero) is 1. The van der Waals surface area contributed by atoms with E-state index in [1.165, 1.54) is 50.6 Å². The monoisotopic (exact) mass is 783 g/mol. The Morgan fingerprint density at radius 1 is 0.891 bits per heavy atom. The van der Waals surface area contributed by atoms with Crippen LogP contribution in [0.2, 0.25) is 5.02 Å². The molecule has 0 bridgehead atoms. The zero-order chi connectivity index (χ0) is 39.3. The van der Waals surface area contributed by atoms with Crippen LogP contribution in [0.3, 0.4) is 0 Å². The van der Waals surface area contributed by atoms with E-state index in [2.05, 4.69) is 15.6 Å². The van der Waals surface area contributed by atoms with Crippen LogP contribution in [0.15, 0.2) is 102 Å². The molecule has 14 heteroatoms. The highest BCUT2D eigenvalue weighted by Crippen LogP contribution is 2.37. The first kappa shape index (κ1) is 39.0. The smallest absolute Gasteiger partial charge is 0.335 e. The molecule has 55 heavy (non-hydrogen) atoms. The number of carbonyl (C=O) groups is 3. The van der Waals surface area contributed by atoms with Gasteiger partial charge in [-0.1, -0.05) is 41.9 Å². The van der Waals surface area contributed by atoms with Crippen LogP contribution in [-0.4, -0.2) is 80.7 Å². The lowest BCUT2D eigenvalue weighted by Gasteiger charge is -2.40. The summed E-state index contributed by atoms with van der Waals surface area (Å²) in [6.07, 6.45) is 0.975. The van der Waals surface area contributed by atoms with Gasteiger partial charge in [0.15, 0.2) is 0 Å². The molecule has 12 nitrogen and oxygen atoms in total. The summed E-state index contributed by atoms with van der Waals surface area (Å²) in [6.45, 7) is 3.98. The summed E-state index contributed by atoms with van der Waals surface area (Å²) in [4.78, 5) is 46.7. The van der Waals surface area contributed by atoms with E-state index in [-0.39, 0.29) is 41.1 Å². The number of carbonyl (C=O) groups excluding carboxylic acids is 3. The number of nitrogens with zero attached hydrogens (tertiary/aromatic N) is 3. The number of fused-ring (bicyclic) bond motifs is 1. The highest BCUT2D eigenvalue weighted by Gasteiger charge is 2.41. The average molecular weight is 784 g/mol. The molecule has 6 rings (SSSR count). The maximum Gasteiger partial charge on any atom is 0.335 e. The Labute approximate surface area is 325 Å². The molecule has 2 N–H and O–H groups in total. The molecule has 1 aliphatic heterocycles. The number of hydrogen-bond acceptors (Lipinski definition) is 9. The predicted molar refractivity (Wildman–Crippen MR) is 213 cm³/mol. The zero-order valence-corrected chi connectivity index (χ0v) is 32.5. The molecule has 0 atom stereocenters. The van der Waals surface area contributed by atoms with E-state index >= 15 is 0 Å². The van der Waals surface area contributed by atoms with Gasteiger partial charge in [-0.2, -0.15) is 0 Å². The Morgan fingerprint density at radius 2 is 1.60 bits per heavy atom. The molecule has 1 aromatic heterocycles. The minimum Gasteiger partial charge on any atom is -0.497 e. The van der Waals surface area contributed by atoms with Crippen LogP contribution >= 0.6 is 11.6 Å². The Kier molecular flexibility index (Phi) is 11.6.